The van der Waals surface area contributed by atoms with E-state index in [4.69, 9.17) is 14.6 Å². The third kappa shape index (κ3) is 4.08. The molecule has 1 aliphatic rings. The van der Waals surface area contributed by atoms with E-state index in [1.165, 1.54) is 16.2 Å². The lowest BCUT2D eigenvalue weighted by molar-refractivity contribution is -0.138. The number of nitrogens with zero attached hydrogens (tertiary/aromatic N) is 2. The van der Waals surface area contributed by atoms with Gasteiger partial charge in [-0.05, 0) is 25.1 Å². The lowest BCUT2D eigenvalue weighted by atomic mass is 10.2. The molecule has 0 atom stereocenters. The first-order valence-corrected chi connectivity index (χ1v) is 8.78. The molecule has 1 amide bonds. The summed E-state index contributed by atoms with van der Waals surface area (Å²) in [4.78, 5) is 29.0. The van der Waals surface area contributed by atoms with E-state index in [2.05, 4.69) is 4.98 Å². The maximum Gasteiger partial charge on any atom is 0.305 e. The van der Waals surface area contributed by atoms with Gasteiger partial charge in [-0.1, -0.05) is 0 Å². The van der Waals surface area contributed by atoms with Gasteiger partial charge in [0.25, 0.3) is 0 Å². The van der Waals surface area contributed by atoms with Crippen molar-refractivity contribution in [2.75, 3.05) is 19.9 Å². The van der Waals surface area contributed by atoms with Gasteiger partial charge in [0.05, 0.1) is 18.5 Å². The number of thiazole rings is 1. The molecule has 2 heterocycles. The van der Waals surface area contributed by atoms with E-state index in [0.717, 1.165) is 10.6 Å². The Hall–Kier alpha value is -2.61. The van der Waals surface area contributed by atoms with E-state index < -0.39 is 5.97 Å². The molecule has 3 rings (SSSR count). The molecule has 0 saturated carbocycles. The molecule has 0 saturated heterocycles. The first-order valence-electron chi connectivity index (χ1n) is 7.91. The van der Waals surface area contributed by atoms with Gasteiger partial charge in [0.2, 0.25) is 12.7 Å². The molecule has 0 fully saturated rings. The van der Waals surface area contributed by atoms with Crippen molar-refractivity contribution in [3.8, 4) is 22.1 Å². The summed E-state index contributed by atoms with van der Waals surface area (Å²) in [6, 6.07) is 5.62. The van der Waals surface area contributed by atoms with E-state index in [-0.39, 0.29) is 32.1 Å². The fourth-order valence-corrected chi connectivity index (χ4v) is 3.32. The largest absolute Gasteiger partial charge is 0.481 e. The smallest absolute Gasteiger partial charge is 0.305 e. The van der Waals surface area contributed by atoms with Crippen molar-refractivity contribution in [1.29, 1.82) is 0 Å². The lowest BCUT2D eigenvalue weighted by Gasteiger charge is -2.19. The number of carboxylic acid groups (broad SMARTS) is 1. The first kappa shape index (κ1) is 17.2. The SMILES string of the molecule is CCN(CCC(=O)O)C(=O)Cc1csc(-c2ccc3c(c2)OCO3)n1. The minimum absolute atomic E-state index is 0.0565. The number of aromatic nitrogens is 1. The first-order chi connectivity index (χ1) is 12.1. The van der Waals surface area contributed by atoms with Gasteiger partial charge in [-0.2, -0.15) is 0 Å². The van der Waals surface area contributed by atoms with Gasteiger partial charge in [0.1, 0.15) is 5.01 Å². The molecule has 8 heteroatoms. The molecule has 2 aromatic rings. The van der Waals surface area contributed by atoms with Crippen molar-refractivity contribution in [2.45, 2.75) is 19.8 Å². The zero-order valence-corrected chi connectivity index (χ0v) is 14.5. The topological polar surface area (TPSA) is 89.0 Å². The van der Waals surface area contributed by atoms with Crippen LogP contribution in [-0.2, 0) is 16.0 Å². The second kappa shape index (κ2) is 7.52. The second-order valence-electron chi connectivity index (χ2n) is 5.51. The van der Waals surface area contributed by atoms with Crippen molar-refractivity contribution in [3.63, 3.8) is 0 Å². The summed E-state index contributed by atoms with van der Waals surface area (Å²) >= 11 is 1.46. The molecule has 0 aliphatic carbocycles. The van der Waals surface area contributed by atoms with Gasteiger partial charge in [-0.3, -0.25) is 9.59 Å². The van der Waals surface area contributed by atoms with Crippen LogP contribution in [0.25, 0.3) is 10.6 Å². The molecule has 7 nitrogen and oxygen atoms in total. The summed E-state index contributed by atoms with van der Waals surface area (Å²) in [7, 11) is 0. The fourth-order valence-electron chi connectivity index (χ4n) is 2.51. The number of amides is 1. The Balaban J connectivity index is 1.67. The van der Waals surface area contributed by atoms with Crippen LogP contribution in [0.1, 0.15) is 19.0 Å². The van der Waals surface area contributed by atoms with Gasteiger partial charge in [0, 0.05) is 24.0 Å². The Labute approximate surface area is 148 Å². The number of hydrogen-bond acceptors (Lipinski definition) is 6. The normalized spacial score (nSPS) is 12.2. The highest BCUT2D eigenvalue weighted by Crippen LogP contribution is 2.36. The monoisotopic (exact) mass is 362 g/mol. The number of carboxylic acids is 1. The van der Waals surface area contributed by atoms with Crippen LogP contribution in [0.15, 0.2) is 23.6 Å². The quantitative estimate of drug-likeness (QED) is 0.814. The summed E-state index contributed by atoms with van der Waals surface area (Å²) in [5.74, 6) is 0.375. The fraction of sp³-hybridized carbons (Fsp3) is 0.353. The van der Waals surface area contributed by atoms with Crippen LogP contribution < -0.4 is 9.47 Å². The molecule has 0 spiro atoms. The Morgan fingerprint density at radius 3 is 2.88 bits per heavy atom. The van der Waals surface area contributed by atoms with Gasteiger partial charge in [-0.25, -0.2) is 4.98 Å². The van der Waals surface area contributed by atoms with Crippen LogP contribution in [-0.4, -0.2) is 46.7 Å². The average Bonchev–Trinajstić information content (AvgIpc) is 3.23. The molecule has 1 aromatic heterocycles. The standard InChI is InChI=1S/C17H18N2O5S/c1-2-19(6-5-16(21)22)15(20)8-12-9-25-17(18-12)11-3-4-13-14(7-11)24-10-23-13/h3-4,7,9H,2,5-6,8,10H2,1H3,(H,21,22). The summed E-state index contributed by atoms with van der Waals surface area (Å²) in [6.07, 6.45) is 0.105. The zero-order chi connectivity index (χ0) is 17.8. The zero-order valence-electron chi connectivity index (χ0n) is 13.7. The van der Waals surface area contributed by atoms with E-state index in [9.17, 15) is 9.59 Å². The maximum atomic E-state index is 12.3. The highest BCUT2D eigenvalue weighted by atomic mass is 32.1. The Morgan fingerprint density at radius 1 is 1.32 bits per heavy atom. The number of benzene rings is 1. The summed E-state index contributed by atoms with van der Waals surface area (Å²) in [6.45, 7) is 2.74. The van der Waals surface area contributed by atoms with Gasteiger partial charge < -0.3 is 19.5 Å². The van der Waals surface area contributed by atoms with Gasteiger partial charge in [0.15, 0.2) is 11.5 Å². The van der Waals surface area contributed by atoms with Crippen LogP contribution in [0.4, 0.5) is 0 Å². The van der Waals surface area contributed by atoms with Crippen LogP contribution in [0.3, 0.4) is 0 Å². The van der Waals surface area contributed by atoms with Gasteiger partial charge >= 0.3 is 5.97 Å². The molecular weight excluding hydrogens is 344 g/mol. The number of carbonyl (C=O) groups excluding carboxylic acids is 1. The third-order valence-electron chi connectivity index (χ3n) is 3.83. The Kier molecular flexibility index (Phi) is 5.18. The van der Waals surface area contributed by atoms with E-state index >= 15 is 0 Å². The van der Waals surface area contributed by atoms with E-state index in [0.29, 0.717) is 23.7 Å². The number of ether oxygens (including phenoxy) is 2. The summed E-state index contributed by atoms with van der Waals surface area (Å²) in [5, 5.41) is 11.4. The van der Waals surface area contributed by atoms with E-state index in [1.807, 2.05) is 30.5 Å². The van der Waals surface area contributed by atoms with Crippen LogP contribution >= 0.6 is 11.3 Å². The number of likely N-dealkylation sites (N-methyl/N-ethyl adjacent to an activating group) is 1. The summed E-state index contributed by atoms with van der Waals surface area (Å²) < 4.78 is 10.7. The number of rotatable bonds is 7. The molecule has 0 unspecified atom stereocenters. The Bertz CT molecular complexity index is 789. The van der Waals surface area contributed by atoms with Crippen LogP contribution in [0, 0.1) is 0 Å². The molecule has 132 valence electrons. The minimum atomic E-state index is -0.912. The molecule has 25 heavy (non-hydrogen) atoms. The lowest BCUT2D eigenvalue weighted by Crippen LogP contribution is -2.34. The second-order valence-corrected chi connectivity index (χ2v) is 6.36. The highest BCUT2D eigenvalue weighted by Gasteiger charge is 2.18. The number of aliphatic carboxylic acids is 1. The molecule has 1 aromatic carbocycles. The maximum absolute atomic E-state index is 12.3. The number of carbonyl (C=O) groups is 2. The number of fused-ring (bicyclic) bond motifs is 1. The highest BCUT2D eigenvalue weighted by molar-refractivity contribution is 7.13. The van der Waals surface area contributed by atoms with Crippen molar-refractivity contribution >= 4 is 23.2 Å². The number of hydrogen-bond donors (Lipinski definition) is 1. The summed E-state index contributed by atoms with van der Waals surface area (Å²) in [5.41, 5.74) is 1.59. The van der Waals surface area contributed by atoms with E-state index in [1.54, 1.807) is 0 Å². The predicted octanol–water partition coefficient (Wildman–Crippen LogP) is 2.40. The van der Waals surface area contributed by atoms with Crippen molar-refractivity contribution in [1.82, 2.24) is 9.88 Å². The minimum Gasteiger partial charge on any atom is -0.481 e. The van der Waals surface area contributed by atoms with Crippen molar-refractivity contribution in [3.05, 3.63) is 29.3 Å². The molecule has 1 aliphatic heterocycles. The molecule has 0 bridgehead atoms. The molecule has 1 N–H and O–H groups in total. The predicted molar refractivity (Wildman–Crippen MR) is 91.9 cm³/mol. The van der Waals surface area contributed by atoms with Crippen molar-refractivity contribution < 1.29 is 24.2 Å². The Morgan fingerprint density at radius 2 is 2.12 bits per heavy atom. The average molecular weight is 362 g/mol. The van der Waals surface area contributed by atoms with Crippen LogP contribution in [0.2, 0.25) is 0 Å². The van der Waals surface area contributed by atoms with Gasteiger partial charge in [-0.15, -0.1) is 11.3 Å². The molecule has 0 radical (unpaired) electrons. The third-order valence-corrected chi connectivity index (χ3v) is 4.77. The van der Waals surface area contributed by atoms with Crippen LogP contribution in [0.5, 0.6) is 11.5 Å². The van der Waals surface area contributed by atoms with Crippen molar-refractivity contribution in [2.24, 2.45) is 0 Å². The molecular formula is C17H18N2O5S.